The molecule has 2 aromatic carbocycles. The number of nitrogens with zero attached hydrogens (tertiary/aromatic N) is 3. The molecule has 2 amide bonds. The maximum absolute atomic E-state index is 12.8. The molecule has 4 aromatic rings. The van der Waals surface area contributed by atoms with Crippen LogP contribution in [0.2, 0.25) is 0 Å². The van der Waals surface area contributed by atoms with E-state index in [1.165, 1.54) is 0 Å². The molecule has 1 unspecified atom stereocenters. The molecule has 4 rings (SSSR count). The zero-order valence-corrected chi connectivity index (χ0v) is 17.1. The van der Waals surface area contributed by atoms with E-state index < -0.39 is 12.1 Å². The van der Waals surface area contributed by atoms with Crippen molar-refractivity contribution in [2.75, 3.05) is 5.32 Å². The van der Waals surface area contributed by atoms with E-state index in [0.29, 0.717) is 22.5 Å². The maximum atomic E-state index is 12.8. The summed E-state index contributed by atoms with van der Waals surface area (Å²) in [6.07, 6.45) is 6.92. The SMILES string of the molecule is N=C(CC(NC(=O)Nc1cccc(-n2cccn2)c1)c1ccccc1O)c1cccnc1. The van der Waals surface area contributed by atoms with E-state index in [4.69, 9.17) is 5.41 Å². The Bertz CT molecular complexity index is 1210. The Morgan fingerprint density at radius 1 is 1.06 bits per heavy atom. The molecule has 0 aliphatic heterocycles. The lowest BCUT2D eigenvalue weighted by Crippen LogP contribution is -2.34. The number of para-hydroxylation sites is 1. The molecule has 2 heterocycles. The van der Waals surface area contributed by atoms with Crippen molar-refractivity contribution >= 4 is 17.4 Å². The smallest absolute Gasteiger partial charge is 0.319 e. The van der Waals surface area contributed by atoms with Gasteiger partial charge in [-0.3, -0.25) is 4.98 Å². The van der Waals surface area contributed by atoms with Crippen LogP contribution in [0.25, 0.3) is 5.69 Å². The van der Waals surface area contributed by atoms with Gasteiger partial charge < -0.3 is 21.1 Å². The monoisotopic (exact) mass is 426 g/mol. The van der Waals surface area contributed by atoms with Crippen LogP contribution in [0.4, 0.5) is 10.5 Å². The molecular formula is C24H22N6O2. The summed E-state index contributed by atoms with van der Waals surface area (Å²) >= 11 is 0. The average molecular weight is 426 g/mol. The fourth-order valence-corrected chi connectivity index (χ4v) is 3.36. The highest BCUT2D eigenvalue weighted by molar-refractivity contribution is 5.99. The number of phenols is 1. The van der Waals surface area contributed by atoms with Gasteiger partial charge in [-0.25, -0.2) is 9.48 Å². The summed E-state index contributed by atoms with van der Waals surface area (Å²) in [5.74, 6) is 0.0532. The molecule has 160 valence electrons. The Hall–Kier alpha value is -4.46. The molecular weight excluding hydrogens is 404 g/mol. The maximum Gasteiger partial charge on any atom is 0.319 e. The van der Waals surface area contributed by atoms with Gasteiger partial charge in [0.1, 0.15) is 5.75 Å². The van der Waals surface area contributed by atoms with Crippen molar-refractivity contribution in [3.63, 3.8) is 0 Å². The number of amides is 2. The summed E-state index contributed by atoms with van der Waals surface area (Å²) in [6.45, 7) is 0. The average Bonchev–Trinajstić information content (AvgIpc) is 3.35. The second kappa shape index (κ2) is 9.57. The molecule has 0 aliphatic rings. The third-order valence-electron chi connectivity index (χ3n) is 4.91. The van der Waals surface area contributed by atoms with Crippen LogP contribution in [-0.2, 0) is 0 Å². The molecule has 0 radical (unpaired) electrons. The minimum Gasteiger partial charge on any atom is -0.508 e. The molecule has 32 heavy (non-hydrogen) atoms. The number of aromatic hydroxyl groups is 1. The number of anilines is 1. The number of urea groups is 1. The highest BCUT2D eigenvalue weighted by Gasteiger charge is 2.20. The van der Waals surface area contributed by atoms with Gasteiger partial charge in [0.05, 0.1) is 11.7 Å². The van der Waals surface area contributed by atoms with E-state index in [0.717, 1.165) is 5.69 Å². The van der Waals surface area contributed by atoms with Gasteiger partial charge in [0, 0.05) is 53.7 Å². The van der Waals surface area contributed by atoms with Crippen molar-refractivity contribution in [3.8, 4) is 11.4 Å². The number of benzene rings is 2. The third kappa shape index (κ3) is 4.99. The van der Waals surface area contributed by atoms with E-state index in [-0.39, 0.29) is 12.2 Å². The van der Waals surface area contributed by atoms with Crippen molar-refractivity contribution in [3.05, 3.63) is 103 Å². The molecule has 8 heteroatoms. The summed E-state index contributed by atoms with van der Waals surface area (Å²) < 4.78 is 1.70. The standard InChI is InChI=1S/C24H22N6O2/c25-21(17-6-4-11-26-16-17)15-22(20-9-1-2-10-23(20)31)29-24(32)28-18-7-3-8-19(14-18)30-13-5-12-27-30/h1-14,16,22,25,31H,15H2,(H2,28,29,32). The minimum absolute atomic E-state index is 0.0532. The van der Waals surface area contributed by atoms with Crippen LogP contribution in [0.1, 0.15) is 23.6 Å². The predicted octanol–water partition coefficient (Wildman–Crippen LogP) is 4.29. The molecule has 0 spiro atoms. The van der Waals surface area contributed by atoms with Gasteiger partial charge in [-0.15, -0.1) is 0 Å². The zero-order chi connectivity index (χ0) is 22.3. The van der Waals surface area contributed by atoms with Crippen LogP contribution < -0.4 is 10.6 Å². The highest BCUT2D eigenvalue weighted by atomic mass is 16.3. The fourth-order valence-electron chi connectivity index (χ4n) is 3.36. The number of hydrogen-bond donors (Lipinski definition) is 4. The first-order chi connectivity index (χ1) is 15.6. The van der Waals surface area contributed by atoms with Gasteiger partial charge in [0.2, 0.25) is 0 Å². The first-order valence-electron chi connectivity index (χ1n) is 10.0. The van der Waals surface area contributed by atoms with Crippen LogP contribution in [-0.4, -0.2) is 31.6 Å². The molecule has 0 saturated heterocycles. The number of phenolic OH excluding ortho intramolecular Hbond substituents is 1. The summed E-state index contributed by atoms with van der Waals surface area (Å²) in [5.41, 5.74) is 2.88. The molecule has 1 atom stereocenters. The van der Waals surface area contributed by atoms with Gasteiger partial charge in [0.15, 0.2) is 0 Å². The first-order valence-corrected chi connectivity index (χ1v) is 10.0. The van der Waals surface area contributed by atoms with Crippen LogP contribution in [0.5, 0.6) is 5.75 Å². The molecule has 2 aromatic heterocycles. The van der Waals surface area contributed by atoms with E-state index in [9.17, 15) is 9.90 Å². The lowest BCUT2D eigenvalue weighted by Gasteiger charge is -2.21. The second-order valence-corrected chi connectivity index (χ2v) is 7.14. The Morgan fingerprint density at radius 2 is 1.94 bits per heavy atom. The van der Waals surface area contributed by atoms with Crippen molar-refractivity contribution in [1.82, 2.24) is 20.1 Å². The second-order valence-electron chi connectivity index (χ2n) is 7.14. The van der Waals surface area contributed by atoms with E-state index in [1.807, 2.05) is 24.4 Å². The van der Waals surface area contributed by atoms with Gasteiger partial charge in [-0.1, -0.05) is 30.3 Å². The van der Waals surface area contributed by atoms with Crippen molar-refractivity contribution < 1.29 is 9.90 Å². The van der Waals surface area contributed by atoms with Crippen molar-refractivity contribution in [2.45, 2.75) is 12.5 Å². The minimum atomic E-state index is -0.613. The number of rotatable bonds is 7. The Kier molecular flexibility index (Phi) is 6.22. The number of hydrogen-bond acceptors (Lipinski definition) is 5. The number of carbonyl (C=O) groups excluding carboxylic acids is 1. The Balaban J connectivity index is 1.52. The van der Waals surface area contributed by atoms with Crippen LogP contribution in [0.15, 0.2) is 91.5 Å². The zero-order valence-electron chi connectivity index (χ0n) is 17.1. The van der Waals surface area contributed by atoms with Crippen molar-refractivity contribution in [1.29, 1.82) is 5.41 Å². The summed E-state index contributed by atoms with van der Waals surface area (Å²) in [6, 6.07) is 18.4. The summed E-state index contributed by atoms with van der Waals surface area (Å²) in [7, 11) is 0. The third-order valence-corrected chi connectivity index (χ3v) is 4.91. The van der Waals surface area contributed by atoms with Gasteiger partial charge in [0.25, 0.3) is 0 Å². The van der Waals surface area contributed by atoms with E-state index >= 15 is 0 Å². The number of aromatic nitrogens is 3. The number of pyridine rings is 1. The lowest BCUT2D eigenvalue weighted by molar-refractivity contribution is 0.248. The van der Waals surface area contributed by atoms with Crippen molar-refractivity contribution in [2.24, 2.45) is 0 Å². The largest absolute Gasteiger partial charge is 0.508 e. The van der Waals surface area contributed by atoms with Gasteiger partial charge in [-0.2, -0.15) is 5.10 Å². The molecule has 4 N–H and O–H groups in total. The van der Waals surface area contributed by atoms with Crippen LogP contribution >= 0.6 is 0 Å². The summed E-state index contributed by atoms with van der Waals surface area (Å²) in [5, 5.41) is 28.7. The Labute approximate surface area is 185 Å². The number of nitrogens with one attached hydrogen (secondary N) is 3. The quantitative estimate of drug-likeness (QED) is 0.330. The Morgan fingerprint density at radius 3 is 2.69 bits per heavy atom. The van der Waals surface area contributed by atoms with Gasteiger partial charge >= 0.3 is 6.03 Å². The van der Waals surface area contributed by atoms with Crippen LogP contribution in [0.3, 0.4) is 0 Å². The predicted molar refractivity (Wildman–Crippen MR) is 122 cm³/mol. The molecule has 0 aliphatic carbocycles. The first kappa shape index (κ1) is 20.8. The fraction of sp³-hybridized carbons (Fsp3) is 0.0833. The van der Waals surface area contributed by atoms with E-state index in [1.54, 1.807) is 71.8 Å². The molecule has 0 saturated carbocycles. The molecule has 8 nitrogen and oxygen atoms in total. The topological polar surface area (TPSA) is 116 Å². The molecule has 0 bridgehead atoms. The normalized spacial score (nSPS) is 11.5. The van der Waals surface area contributed by atoms with Gasteiger partial charge in [-0.05, 0) is 36.4 Å². The highest BCUT2D eigenvalue weighted by Crippen LogP contribution is 2.27. The molecule has 0 fully saturated rings. The van der Waals surface area contributed by atoms with Crippen LogP contribution in [0, 0.1) is 5.41 Å². The summed E-state index contributed by atoms with van der Waals surface area (Å²) in [4.78, 5) is 16.9. The lowest BCUT2D eigenvalue weighted by atomic mass is 9.97. The van der Waals surface area contributed by atoms with E-state index in [2.05, 4.69) is 20.7 Å². The number of carbonyl (C=O) groups is 1.